The van der Waals surface area contributed by atoms with Crippen LogP contribution in [0, 0.1) is 5.82 Å². The van der Waals surface area contributed by atoms with Crippen LogP contribution in [0.1, 0.15) is 12.0 Å². The normalized spacial score (nSPS) is 10.8. The van der Waals surface area contributed by atoms with Crippen LogP contribution in [0.3, 0.4) is 0 Å². The number of fused-ring (bicyclic) bond motifs is 1. The first-order chi connectivity index (χ1) is 10.7. The molecule has 0 amide bonds. The van der Waals surface area contributed by atoms with Crippen LogP contribution in [-0.4, -0.2) is 12.0 Å². The summed E-state index contributed by atoms with van der Waals surface area (Å²) >= 11 is 0. The van der Waals surface area contributed by atoms with Crippen molar-refractivity contribution in [1.82, 2.24) is 10.3 Å². The Kier molecular flexibility index (Phi) is 3.96. The minimum atomic E-state index is -0.218. The molecule has 2 N–H and O–H groups in total. The Labute approximate surface area is 129 Å². The largest absolute Gasteiger partial charge is 0.392 e. The molecule has 3 heteroatoms. The summed E-state index contributed by atoms with van der Waals surface area (Å²) in [6.45, 7) is 4.00. The third kappa shape index (κ3) is 2.75. The van der Waals surface area contributed by atoms with E-state index in [1.165, 1.54) is 23.1 Å². The van der Waals surface area contributed by atoms with Crippen molar-refractivity contribution < 1.29 is 4.39 Å². The zero-order valence-electron chi connectivity index (χ0n) is 12.6. The van der Waals surface area contributed by atoms with E-state index in [2.05, 4.69) is 29.0 Å². The molecule has 0 aliphatic rings. The Morgan fingerprint density at radius 2 is 1.86 bits per heavy atom. The van der Waals surface area contributed by atoms with Crippen LogP contribution in [0.25, 0.3) is 22.2 Å². The number of H-pyrrole nitrogens is 1. The average molecular weight is 294 g/mol. The summed E-state index contributed by atoms with van der Waals surface area (Å²) in [5, 5.41) is 4.30. The highest BCUT2D eigenvalue weighted by Gasteiger charge is 2.13. The highest BCUT2D eigenvalue weighted by atomic mass is 19.1. The Morgan fingerprint density at radius 1 is 1.14 bits per heavy atom. The van der Waals surface area contributed by atoms with E-state index in [-0.39, 0.29) is 5.82 Å². The van der Waals surface area contributed by atoms with E-state index in [0.717, 1.165) is 35.3 Å². The molecule has 112 valence electrons. The molecular formula is C19H19FN2. The molecule has 0 saturated heterocycles. The second-order valence-electron chi connectivity index (χ2n) is 5.38. The molecule has 1 aromatic heterocycles. The molecule has 2 nitrogen and oxygen atoms in total. The van der Waals surface area contributed by atoms with Crippen molar-refractivity contribution in [3.63, 3.8) is 0 Å². The number of allylic oxidation sites excluding steroid dienone is 1. The molecule has 0 bridgehead atoms. The van der Waals surface area contributed by atoms with Gasteiger partial charge in [-0.25, -0.2) is 4.39 Å². The third-order valence-corrected chi connectivity index (χ3v) is 3.98. The fourth-order valence-electron chi connectivity index (χ4n) is 2.72. The first-order valence-electron chi connectivity index (χ1n) is 7.40. The van der Waals surface area contributed by atoms with Crippen LogP contribution in [0.15, 0.2) is 60.8 Å². The Morgan fingerprint density at radius 3 is 2.59 bits per heavy atom. The van der Waals surface area contributed by atoms with E-state index >= 15 is 0 Å². The van der Waals surface area contributed by atoms with Crippen molar-refractivity contribution in [2.45, 2.75) is 12.8 Å². The maximum absolute atomic E-state index is 13.2. The summed E-state index contributed by atoms with van der Waals surface area (Å²) in [4.78, 5) is 3.47. The van der Waals surface area contributed by atoms with Crippen molar-refractivity contribution >= 4 is 10.9 Å². The fourth-order valence-corrected chi connectivity index (χ4v) is 2.72. The number of aromatic nitrogens is 1. The molecule has 1 heterocycles. The number of rotatable bonds is 5. The van der Waals surface area contributed by atoms with Crippen molar-refractivity contribution in [2.75, 3.05) is 7.05 Å². The zero-order chi connectivity index (χ0) is 15.5. The molecule has 0 spiro atoms. The number of para-hydroxylation sites is 1. The molecule has 0 atom stereocenters. The van der Waals surface area contributed by atoms with Crippen molar-refractivity contribution in [1.29, 1.82) is 0 Å². The summed E-state index contributed by atoms with van der Waals surface area (Å²) in [5.74, 6) is -0.218. The summed E-state index contributed by atoms with van der Waals surface area (Å²) < 4.78 is 13.2. The van der Waals surface area contributed by atoms with E-state index in [9.17, 15) is 4.39 Å². The van der Waals surface area contributed by atoms with Crippen LogP contribution in [0.2, 0.25) is 0 Å². The highest BCUT2D eigenvalue weighted by molar-refractivity contribution is 5.90. The predicted molar refractivity (Wildman–Crippen MR) is 90.2 cm³/mol. The van der Waals surface area contributed by atoms with Crippen LogP contribution >= 0.6 is 0 Å². The number of hydrogen-bond donors (Lipinski definition) is 2. The number of nitrogens with one attached hydrogen (secondary N) is 2. The van der Waals surface area contributed by atoms with Gasteiger partial charge in [-0.05, 0) is 54.3 Å². The van der Waals surface area contributed by atoms with Crippen LogP contribution < -0.4 is 5.32 Å². The van der Waals surface area contributed by atoms with E-state index in [4.69, 9.17) is 0 Å². The van der Waals surface area contributed by atoms with Crippen molar-refractivity contribution in [3.05, 3.63) is 72.2 Å². The summed E-state index contributed by atoms with van der Waals surface area (Å²) in [7, 11) is 1.89. The van der Waals surface area contributed by atoms with E-state index in [1.807, 2.05) is 31.3 Å². The summed E-state index contributed by atoms with van der Waals surface area (Å²) in [6, 6.07) is 14.9. The lowest BCUT2D eigenvalue weighted by atomic mass is 10.0. The zero-order valence-corrected chi connectivity index (χ0v) is 12.6. The molecule has 0 radical (unpaired) electrons. The molecule has 3 rings (SSSR count). The first-order valence-corrected chi connectivity index (χ1v) is 7.40. The van der Waals surface area contributed by atoms with Gasteiger partial charge in [0, 0.05) is 29.3 Å². The summed E-state index contributed by atoms with van der Waals surface area (Å²) in [5.41, 5.74) is 5.42. The number of hydrogen-bond acceptors (Lipinski definition) is 1. The van der Waals surface area contributed by atoms with Crippen LogP contribution in [-0.2, 0) is 6.42 Å². The Bertz CT molecular complexity index is 800. The predicted octanol–water partition coefficient (Wildman–Crippen LogP) is 4.64. The fraction of sp³-hybridized carbons (Fsp3) is 0.158. The van der Waals surface area contributed by atoms with Gasteiger partial charge in [0.1, 0.15) is 5.82 Å². The van der Waals surface area contributed by atoms with E-state index < -0.39 is 0 Å². The Hall–Kier alpha value is -2.55. The molecule has 0 aliphatic heterocycles. The SMILES string of the molecule is C=C(CCc1c(-c2ccc(F)cc2)[nH]c2ccccc12)NC. The lowest BCUT2D eigenvalue weighted by Gasteiger charge is -2.07. The van der Waals surface area contributed by atoms with Gasteiger partial charge >= 0.3 is 0 Å². The van der Waals surface area contributed by atoms with Gasteiger partial charge in [-0.15, -0.1) is 0 Å². The van der Waals surface area contributed by atoms with Crippen LogP contribution in [0.5, 0.6) is 0 Å². The molecule has 0 saturated carbocycles. The second-order valence-corrected chi connectivity index (χ2v) is 5.38. The number of halogens is 1. The maximum atomic E-state index is 13.2. The minimum Gasteiger partial charge on any atom is -0.392 e. The number of aryl methyl sites for hydroxylation is 1. The number of benzene rings is 2. The van der Waals surface area contributed by atoms with Gasteiger partial charge in [0.05, 0.1) is 0 Å². The maximum Gasteiger partial charge on any atom is 0.123 e. The summed E-state index contributed by atoms with van der Waals surface area (Å²) in [6.07, 6.45) is 1.75. The molecule has 2 aromatic carbocycles. The van der Waals surface area contributed by atoms with Gasteiger partial charge in [0.25, 0.3) is 0 Å². The third-order valence-electron chi connectivity index (χ3n) is 3.98. The van der Waals surface area contributed by atoms with E-state index in [0.29, 0.717) is 0 Å². The van der Waals surface area contributed by atoms with E-state index in [1.54, 1.807) is 0 Å². The van der Waals surface area contributed by atoms with Gasteiger partial charge in [0.15, 0.2) is 0 Å². The first kappa shape index (κ1) is 14.4. The number of aromatic amines is 1. The highest BCUT2D eigenvalue weighted by Crippen LogP contribution is 2.31. The van der Waals surface area contributed by atoms with Crippen molar-refractivity contribution in [3.8, 4) is 11.3 Å². The second kappa shape index (κ2) is 6.06. The van der Waals surface area contributed by atoms with Gasteiger partial charge < -0.3 is 10.3 Å². The minimum absolute atomic E-state index is 0.218. The molecule has 0 aliphatic carbocycles. The smallest absolute Gasteiger partial charge is 0.123 e. The molecule has 22 heavy (non-hydrogen) atoms. The molecule has 0 unspecified atom stereocenters. The van der Waals surface area contributed by atoms with Gasteiger partial charge in [-0.1, -0.05) is 24.8 Å². The topological polar surface area (TPSA) is 27.8 Å². The molecular weight excluding hydrogens is 275 g/mol. The van der Waals surface area contributed by atoms with Crippen LogP contribution in [0.4, 0.5) is 4.39 Å². The standard InChI is InChI=1S/C19H19FN2/c1-13(21-2)7-12-17-16-5-3-4-6-18(16)22-19(17)14-8-10-15(20)11-9-14/h3-6,8-11,21-22H,1,7,12H2,2H3. The Balaban J connectivity index is 2.07. The monoisotopic (exact) mass is 294 g/mol. The van der Waals surface area contributed by atoms with Gasteiger partial charge in [-0.3, -0.25) is 0 Å². The van der Waals surface area contributed by atoms with Gasteiger partial charge in [0.2, 0.25) is 0 Å². The lowest BCUT2D eigenvalue weighted by molar-refractivity contribution is 0.628. The quantitative estimate of drug-likeness (QED) is 0.705. The van der Waals surface area contributed by atoms with Crippen molar-refractivity contribution in [2.24, 2.45) is 0 Å². The lowest BCUT2D eigenvalue weighted by Crippen LogP contribution is -2.05. The molecule has 3 aromatic rings. The van der Waals surface area contributed by atoms with Gasteiger partial charge in [-0.2, -0.15) is 0 Å². The molecule has 0 fully saturated rings. The average Bonchev–Trinajstić information content (AvgIpc) is 2.92.